The van der Waals surface area contributed by atoms with Gasteiger partial charge in [0.2, 0.25) is 0 Å². The molecule has 1 aromatic heterocycles. The minimum atomic E-state index is 0.203. The van der Waals surface area contributed by atoms with Crippen LogP contribution in [-0.4, -0.2) is 46.4 Å². The largest absolute Gasteiger partial charge is 0.507 e. The second-order valence-corrected chi connectivity index (χ2v) is 8.29. The third kappa shape index (κ3) is 3.97. The van der Waals surface area contributed by atoms with E-state index in [1.807, 2.05) is 48.5 Å². The summed E-state index contributed by atoms with van der Waals surface area (Å²) in [7, 11) is 2.16. The maximum absolute atomic E-state index is 10.7. The molecule has 156 valence electrons. The van der Waals surface area contributed by atoms with Crippen molar-refractivity contribution in [3.05, 3.63) is 72.8 Å². The van der Waals surface area contributed by atoms with Gasteiger partial charge < -0.3 is 15.3 Å². The normalized spacial score (nSPS) is 17.0. The van der Waals surface area contributed by atoms with Crippen LogP contribution in [0.4, 0.5) is 5.82 Å². The van der Waals surface area contributed by atoms with Crippen molar-refractivity contribution in [1.29, 1.82) is 0 Å². The summed E-state index contributed by atoms with van der Waals surface area (Å²) in [6, 6.07) is 24.3. The molecule has 0 saturated carbocycles. The average molecular weight is 411 g/mol. The Labute approximate surface area is 182 Å². The van der Waals surface area contributed by atoms with Gasteiger partial charge in [-0.25, -0.2) is 0 Å². The zero-order chi connectivity index (χ0) is 21.2. The molecule has 1 aliphatic rings. The molecule has 0 unspecified atom stereocenters. The van der Waals surface area contributed by atoms with Gasteiger partial charge in [-0.2, -0.15) is 0 Å². The minimum Gasteiger partial charge on any atom is -0.507 e. The van der Waals surface area contributed by atoms with E-state index in [1.165, 1.54) is 6.42 Å². The number of rotatable bonds is 4. The van der Waals surface area contributed by atoms with Crippen LogP contribution in [0.5, 0.6) is 5.75 Å². The number of benzene rings is 3. The van der Waals surface area contributed by atoms with E-state index in [4.69, 9.17) is 0 Å². The Hall–Kier alpha value is -3.44. The topological polar surface area (TPSA) is 61.3 Å². The molecule has 0 radical (unpaired) electrons. The predicted octanol–water partition coefficient (Wildman–Crippen LogP) is 5.18. The molecule has 1 atom stereocenters. The van der Waals surface area contributed by atoms with Crippen molar-refractivity contribution >= 4 is 16.6 Å². The second kappa shape index (κ2) is 8.36. The summed E-state index contributed by atoms with van der Waals surface area (Å²) < 4.78 is 0. The smallest absolute Gasteiger partial charge is 0.156 e. The molecule has 1 fully saturated rings. The molecule has 31 heavy (non-hydrogen) atoms. The molecule has 1 saturated heterocycles. The molecule has 0 spiro atoms. The Morgan fingerprint density at radius 2 is 1.68 bits per heavy atom. The first-order valence-corrected chi connectivity index (χ1v) is 10.8. The van der Waals surface area contributed by atoms with Gasteiger partial charge in [0.25, 0.3) is 0 Å². The number of nitrogens with one attached hydrogen (secondary N) is 1. The lowest BCUT2D eigenvalue weighted by molar-refractivity contribution is 0.261. The van der Waals surface area contributed by atoms with Crippen LogP contribution in [0.3, 0.4) is 0 Å². The van der Waals surface area contributed by atoms with Crippen LogP contribution in [0.1, 0.15) is 12.8 Å². The van der Waals surface area contributed by atoms with Crippen LogP contribution in [-0.2, 0) is 0 Å². The van der Waals surface area contributed by atoms with E-state index in [0.29, 0.717) is 17.3 Å². The van der Waals surface area contributed by atoms with Crippen molar-refractivity contribution in [2.75, 3.05) is 25.5 Å². The van der Waals surface area contributed by atoms with Gasteiger partial charge in [-0.3, -0.25) is 0 Å². The molecular formula is C26H26N4O. The molecule has 5 heteroatoms. The van der Waals surface area contributed by atoms with Gasteiger partial charge in [0.05, 0.1) is 0 Å². The number of anilines is 1. The first-order valence-electron chi connectivity index (χ1n) is 10.8. The van der Waals surface area contributed by atoms with E-state index < -0.39 is 0 Å². The fraction of sp³-hybridized carbons (Fsp3) is 0.231. The Morgan fingerprint density at radius 3 is 2.48 bits per heavy atom. The molecule has 1 aliphatic heterocycles. The Bertz CT molecular complexity index is 1210. The van der Waals surface area contributed by atoms with E-state index in [-0.39, 0.29) is 5.75 Å². The Morgan fingerprint density at radius 1 is 0.903 bits per heavy atom. The van der Waals surface area contributed by atoms with Gasteiger partial charge in [0.15, 0.2) is 5.82 Å². The Balaban J connectivity index is 1.57. The lowest BCUT2D eigenvalue weighted by Crippen LogP contribution is -2.40. The van der Waals surface area contributed by atoms with Crippen molar-refractivity contribution in [3.63, 3.8) is 0 Å². The molecule has 4 aromatic rings. The Kier molecular flexibility index (Phi) is 5.26. The molecule has 3 aromatic carbocycles. The number of likely N-dealkylation sites (N-methyl/N-ethyl adjacent to an activating group) is 1. The molecule has 2 N–H and O–H groups in total. The summed E-state index contributed by atoms with van der Waals surface area (Å²) >= 11 is 0. The number of hydrogen-bond acceptors (Lipinski definition) is 5. The van der Waals surface area contributed by atoms with E-state index in [9.17, 15) is 5.11 Å². The number of piperidine rings is 1. The number of hydrogen-bond donors (Lipinski definition) is 2. The van der Waals surface area contributed by atoms with Crippen LogP contribution in [0.15, 0.2) is 72.8 Å². The summed E-state index contributed by atoms with van der Waals surface area (Å²) in [5, 5.41) is 25.4. The third-order valence-corrected chi connectivity index (χ3v) is 6.01. The monoisotopic (exact) mass is 410 g/mol. The van der Waals surface area contributed by atoms with Crippen molar-refractivity contribution in [2.45, 2.75) is 18.9 Å². The summed E-state index contributed by atoms with van der Waals surface area (Å²) in [6.45, 7) is 2.14. The highest BCUT2D eigenvalue weighted by molar-refractivity contribution is 6.01. The maximum atomic E-state index is 10.7. The van der Waals surface area contributed by atoms with Crippen LogP contribution in [0.25, 0.3) is 33.2 Å². The van der Waals surface area contributed by atoms with E-state index >= 15 is 0 Å². The van der Waals surface area contributed by atoms with E-state index in [1.54, 1.807) is 6.07 Å². The van der Waals surface area contributed by atoms with E-state index in [2.05, 4.69) is 45.7 Å². The van der Waals surface area contributed by atoms with Crippen molar-refractivity contribution in [2.24, 2.45) is 0 Å². The zero-order valence-electron chi connectivity index (χ0n) is 17.6. The number of aromatic nitrogens is 2. The summed E-state index contributed by atoms with van der Waals surface area (Å²) in [4.78, 5) is 2.35. The number of phenolic OH excluding ortho intramolecular Hbond substituents is 1. The summed E-state index contributed by atoms with van der Waals surface area (Å²) in [6.07, 6.45) is 2.31. The van der Waals surface area contributed by atoms with Crippen LogP contribution in [0, 0.1) is 0 Å². The number of nitrogens with zero attached hydrogens (tertiary/aromatic N) is 3. The van der Waals surface area contributed by atoms with Gasteiger partial charge in [-0.05, 0) is 49.7 Å². The standard InChI is InChI=1S/C26H26N4O/c1-30-15-7-10-20(17-30)27-26-22-12-6-5-11-21(22)25(28-29-26)23-16-19(13-14-24(23)31)18-8-3-2-4-9-18/h2-6,8-9,11-14,16,20,31H,7,10,15,17H2,1H3,(H,27,29)/t20-/m1/s1. The van der Waals surface area contributed by atoms with Crippen LogP contribution >= 0.6 is 0 Å². The van der Waals surface area contributed by atoms with Crippen molar-refractivity contribution in [3.8, 4) is 28.1 Å². The second-order valence-electron chi connectivity index (χ2n) is 8.29. The SMILES string of the molecule is CN1CCC[C@@H](Nc2nnc(-c3cc(-c4ccccc4)ccc3O)c3ccccc23)C1. The number of fused-ring (bicyclic) bond motifs is 1. The molecule has 0 amide bonds. The highest BCUT2D eigenvalue weighted by atomic mass is 16.3. The highest BCUT2D eigenvalue weighted by Crippen LogP contribution is 2.37. The molecule has 5 nitrogen and oxygen atoms in total. The fourth-order valence-electron chi connectivity index (χ4n) is 4.42. The molecule has 5 rings (SSSR count). The number of aromatic hydroxyl groups is 1. The first kappa shape index (κ1) is 19.5. The molecule has 0 bridgehead atoms. The van der Waals surface area contributed by atoms with Crippen molar-refractivity contribution in [1.82, 2.24) is 15.1 Å². The fourth-order valence-corrected chi connectivity index (χ4v) is 4.42. The molecule has 2 heterocycles. The third-order valence-electron chi connectivity index (χ3n) is 6.01. The highest BCUT2D eigenvalue weighted by Gasteiger charge is 2.20. The van der Waals surface area contributed by atoms with Gasteiger partial charge in [-0.15, -0.1) is 10.2 Å². The average Bonchev–Trinajstić information content (AvgIpc) is 2.81. The predicted molar refractivity (Wildman–Crippen MR) is 126 cm³/mol. The maximum Gasteiger partial charge on any atom is 0.156 e. The van der Waals surface area contributed by atoms with Gasteiger partial charge >= 0.3 is 0 Å². The van der Waals surface area contributed by atoms with Crippen LogP contribution in [0.2, 0.25) is 0 Å². The molecule has 0 aliphatic carbocycles. The van der Waals surface area contributed by atoms with Gasteiger partial charge in [-0.1, -0.05) is 60.7 Å². The molecular weight excluding hydrogens is 384 g/mol. The lowest BCUT2D eigenvalue weighted by atomic mass is 9.98. The summed E-state index contributed by atoms with van der Waals surface area (Å²) in [5.41, 5.74) is 3.51. The quantitative estimate of drug-likeness (QED) is 0.486. The number of phenols is 1. The summed E-state index contributed by atoms with van der Waals surface area (Å²) in [5.74, 6) is 1.01. The minimum absolute atomic E-state index is 0.203. The van der Waals surface area contributed by atoms with Gasteiger partial charge in [0.1, 0.15) is 11.4 Å². The van der Waals surface area contributed by atoms with Gasteiger partial charge in [0, 0.05) is 28.9 Å². The lowest BCUT2D eigenvalue weighted by Gasteiger charge is -2.30. The van der Waals surface area contributed by atoms with Crippen LogP contribution < -0.4 is 5.32 Å². The van der Waals surface area contributed by atoms with Crippen molar-refractivity contribution < 1.29 is 5.11 Å². The van der Waals surface area contributed by atoms with E-state index in [0.717, 1.165) is 47.2 Å². The first-order chi connectivity index (χ1) is 15.2. The number of likely N-dealkylation sites (tertiary alicyclic amines) is 1. The zero-order valence-corrected chi connectivity index (χ0v) is 17.6.